The van der Waals surface area contributed by atoms with Crippen molar-refractivity contribution in [3.05, 3.63) is 83.5 Å². The number of nitrogens with zero attached hydrogens (tertiary/aromatic N) is 3. The molecule has 4 rings (SSSR count). The quantitative estimate of drug-likeness (QED) is 0.435. The standard InChI is InChI=1S/C28H34N4O5/c1-5-13-32-22(18-30-14-15-31(20(4)17-30)26(33)23-12-9-16-37-23)24(27(34)36-6-2)25(29-28(32)35)21-11-8-7-10-19(21)3/h5,7-12,16,20,25H,1,6,13-15,17-18H2,2-4H3,(H,29,35). The van der Waals surface area contributed by atoms with Gasteiger partial charge in [0.05, 0.1) is 24.5 Å². The third kappa shape index (κ3) is 5.46. The predicted molar refractivity (Wildman–Crippen MR) is 139 cm³/mol. The van der Waals surface area contributed by atoms with Crippen LogP contribution in [0.4, 0.5) is 4.79 Å². The average molecular weight is 507 g/mol. The van der Waals surface area contributed by atoms with E-state index in [1.165, 1.54) is 6.26 Å². The van der Waals surface area contributed by atoms with Crippen molar-refractivity contribution in [1.29, 1.82) is 0 Å². The van der Waals surface area contributed by atoms with Gasteiger partial charge in [-0.25, -0.2) is 9.59 Å². The maximum atomic E-state index is 13.4. The normalized spacial score (nSPS) is 20.6. The highest BCUT2D eigenvalue weighted by molar-refractivity contribution is 5.95. The molecule has 0 spiro atoms. The largest absolute Gasteiger partial charge is 0.463 e. The maximum Gasteiger partial charge on any atom is 0.338 e. The second-order valence-electron chi connectivity index (χ2n) is 9.28. The number of hydrogen-bond acceptors (Lipinski definition) is 6. The van der Waals surface area contributed by atoms with Crippen molar-refractivity contribution >= 4 is 17.9 Å². The zero-order valence-electron chi connectivity index (χ0n) is 21.6. The lowest BCUT2D eigenvalue weighted by Gasteiger charge is -2.42. The lowest BCUT2D eigenvalue weighted by Crippen LogP contribution is -2.56. The molecule has 0 aliphatic carbocycles. The van der Waals surface area contributed by atoms with Crippen molar-refractivity contribution < 1.29 is 23.5 Å². The Morgan fingerprint density at radius 1 is 1.22 bits per heavy atom. The lowest BCUT2D eigenvalue weighted by atomic mass is 9.91. The summed E-state index contributed by atoms with van der Waals surface area (Å²) in [6.45, 7) is 12.0. The molecule has 0 bridgehead atoms. The van der Waals surface area contributed by atoms with Crippen LogP contribution in [0, 0.1) is 6.92 Å². The molecule has 37 heavy (non-hydrogen) atoms. The van der Waals surface area contributed by atoms with Crippen LogP contribution in [-0.4, -0.2) is 78.0 Å². The number of hydrogen-bond donors (Lipinski definition) is 1. The number of benzene rings is 1. The first-order valence-electron chi connectivity index (χ1n) is 12.6. The van der Waals surface area contributed by atoms with E-state index in [2.05, 4.69) is 16.8 Å². The van der Waals surface area contributed by atoms with Crippen LogP contribution in [0.2, 0.25) is 0 Å². The van der Waals surface area contributed by atoms with Gasteiger partial charge < -0.3 is 19.4 Å². The van der Waals surface area contributed by atoms with Gasteiger partial charge in [0.15, 0.2) is 5.76 Å². The first-order chi connectivity index (χ1) is 17.8. The van der Waals surface area contributed by atoms with Crippen molar-refractivity contribution in [2.45, 2.75) is 32.9 Å². The van der Waals surface area contributed by atoms with Crippen LogP contribution in [0.15, 0.2) is 71.0 Å². The van der Waals surface area contributed by atoms with Gasteiger partial charge in [-0.15, -0.1) is 6.58 Å². The van der Waals surface area contributed by atoms with Gasteiger partial charge in [0.25, 0.3) is 5.91 Å². The fourth-order valence-electron chi connectivity index (χ4n) is 5.02. The van der Waals surface area contributed by atoms with E-state index in [9.17, 15) is 14.4 Å². The number of piperazine rings is 1. The smallest absolute Gasteiger partial charge is 0.338 e. The second-order valence-corrected chi connectivity index (χ2v) is 9.28. The summed E-state index contributed by atoms with van der Waals surface area (Å²) in [5.74, 6) is -0.289. The van der Waals surface area contributed by atoms with Gasteiger partial charge in [-0.2, -0.15) is 0 Å². The monoisotopic (exact) mass is 506 g/mol. The summed E-state index contributed by atoms with van der Waals surface area (Å²) in [7, 11) is 0. The zero-order chi connectivity index (χ0) is 26.5. The van der Waals surface area contributed by atoms with E-state index < -0.39 is 12.0 Å². The number of carbonyl (C=O) groups is 3. The van der Waals surface area contributed by atoms with Crippen LogP contribution >= 0.6 is 0 Å². The summed E-state index contributed by atoms with van der Waals surface area (Å²) in [4.78, 5) is 45.0. The van der Waals surface area contributed by atoms with Gasteiger partial charge in [-0.05, 0) is 44.0 Å². The van der Waals surface area contributed by atoms with Crippen LogP contribution in [0.25, 0.3) is 0 Å². The van der Waals surface area contributed by atoms with Gasteiger partial charge in [0.2, 0.25) is 0 Å². The number of rotatable bonds is 8. The first kappa shape index (κ1) is 26.2. The molecular formula is C28H34N4O5. The van der Waals surface area contributed by atoms with E-state index in [0.717, 1.165) is 11.1 Å². The molecule has 3 heterocycles. The summed E-state index contributed by atoms with van der Waals surface area (Å²) >= 11 is 0. The third-order valence-corrected chi connectivity index (χ3v) is 6.82. The fraction of sp³-hybridized carbons (Fsp3) is 0.393. The number of carbonyl (C=O) groups excluding carboxylic acids is 3. The van der Waals surface area contributed by atoms with E-state index >= 15 is 0 Å². The van der Waals surface area contributed by atoms with Crippen molar-refractivity contribution in [3.8, 4) is 0 Å². The van der Waals surface area contributed by atoms with Crippen LogP contribution in [0.1, 0.15) is 41.6 Å². The number of esters is 1. The first-order valence-corrected chi connectivity index (χ1v) is 12.6. The van der Waals surface area contributed by atoms with Gasteiger partial charge in [-0.1, -0.05) is 30.3 Å². The zero-order valence-corrected chi connectivity index (χ0v) is 21.6. The number of nitrogens with one attached hydrogen (secondary N) is 1. The van der Waals surface area contributed by atoms with Crippen LogP contribution in [0.3, 0.4) is 0 Å². The van der Waals surface area contributed by atoms with Crippen molar-refractivity contribution in [2.24, 2.45) is 0 Å². The van der Waals surface area contributed by atoms with Gasteiger partial charge >= 0.3 is 12.0 Å². The Bertz CT molecular complexity index is 1190. The van der Waals surface area contributed by atoms with Gasteiger partial charge in [0.1, 0.15) is 0 Å². The summed E-state index contributed by atoms with van der Waals surface area (Å²) < 4.78 is 10.8. The summed E-state index contributed by atoms with van der Waals surface area (Å²) in [6.07, 6.45) is 3.13. The highest BCUT2D eigenvalue weighted by Gasteiger charge is 2.40. The van der Waals surface area contributed by atoms with E-state index in [1.807, 2.05) is 38.1 Å². The predicted octanol–water partition coefficient (Wildman–Crippen LogP) is 3.50. The maximum absolute atomic E-state index is 13.4. The Morgan fingerprint density at radius 3 is 2.65 bits per heavy atom. The minimum Gasteiger partial charge on any atom is -0.463 e. The molecular weight excluding hydrogens is 472 g/mol. The molecule has 3 amide bonds. The Balaban J connectivity index is 1.68. The fourth-order valence-corrected chi connectivity index (χ4v) is 5.02. The van der Waals surface area contributed by atoms with Crippen LogP contribution in [-0.2, 0) is 9.53 Å². The Labute approximate surface area is 217 Å². The van der Waals surface area contributed by atoms with E-state index in [0.29, 0.717) is 43.2 Å². The Hall–Kier alpha value is -3.85. The summed E-state index contributed by atoms with van der Waals surface area (Å²) in [6, 6.07) is 10.0. The summed E-state index contributed by atoms with van der Waals surface area (Å²) in [5.41, 5.74) is 2.81. The van der Waals surface area contributed by atoms with Crippen molar-refractivity contribution in [2.75, 3.05) is 39.3 Å². The molecule has 1 aromatic carbocycles. The number of furan rings is 1. The average Bonchev–Trinajstić information content (AvgIpc) is 3.41. The molecule has 2 aliphatic heterocycles. The number of urea groups is 1. The molecule has 1 saturated heterocycles. The van der Waals surface area contributed by atoms with Gasteiger partial charge in [0, 0.05) is 44.5 Å². The molecule has 9 nitrogen and oxygen atoms in total. The molecule has 2 atom stereocenters. The lowest BCUT2D eigenvalue weighted by molar-refractivity contribution is -0.139. The molecule has 1 fully saturated rings. The summed E-state index contributed by atoms with van der Waals surface area (Å²) in [5, 5.41) is 3.01. The molecule has 0 saturated carbocycles. The molecule has 2 unspecified atom stereocenters. The second kappa shape index (κ2) is 11.5. The van der Waals surface area contributed by atoms with Crippen LogP contribution in [0.5, 0.6) is 0 Å². The van der Waals surface area contributed by atoms with Crippen LogP contribution < -0.4 is 5.32 Å². The molecule has 1 N–H and O–H groups in total. The van der Waals surface area contributed by atoms with Crippen molar-refractivity contribution in [3.63, 3.8) is 0 Å². The Kier molecular flexibility index (Phi) is 8.13. The van der Waals surface area contributed by atoms with E-state index in [1.54, 1.807) is 34.9 Å². The molecule has 1 aromatic heterocycles. The molecule has 0 radical (unpaired) electrons. The number of ether oxygens (including phenoxy) is 1. The van der Waals surface area contributed by atoms with E-state index in [4.69, 9.17) is 9.15 Å². The molecule has 2 aromatic rings. The van der Waals surface area contributed by atoms with Crippen molar-refractivity contribution in [1.82, 2.24) is 20.0 Å². The third-order valence-electron chi connectivity index (χ3n) is 6.82. The molecule has 9 heteroatoms. The number of amides is 3. The Morgan fingerprint density at radius 2 is 2.00 bits per heavy atom. The molecule has 2 aliphatic rings. The van der Waals surface area contributed by atoms with E-state index in [-0.39, 0.29) is 31.1 Å². The number of aryl methyl sites for hydroxylation is 1. The minimum atomic E-state index is -0.636. The topological polar surface area (TPSA) is 95.3 Å². The van der Waals surface area contributed by atoms with Gasteiger partial charge in [-0.3, -0.25) is 14.6 Å². The molecule has 196 valence electrons. The minimum absolute atomic E-state index is 0.0876. The highest BCUT2D eigenvalue weighted by Crippen LogP contribution is 2.34. The highest BCUT2D eigenvalue weighted by atomic mass is 16.5. The SMILES string of the molecule is C=CCN1C(=O)NC(c2ccccc2C)C(C(=O)OCC)=C1CN1CCN(C(=O)c2ccco2)C(C)C1.